The summed E-state index contributed by atoms with van der Waals surface area (Å²) in [7, 11) is 0. The average molecular weight is 286 g/mol. The largest absolute Gasteiger partial charge is 0.395 e. The van der Waals surface area contributed by atoms with Crippen LogP contribution in [0.15, 0.2) is 0 Å². The second-order valence-electron chi connectivity index (χ2n) is 5.81. The van der Waals surface area contributed by atoms with Gasteiger partial charge in [0.25, 0.3) is 0 Å². The summed E-state index contributed by atoms with van der Waals surface area (Å²) >= 11 is 0. The molecule has 0 spiro atoms. The van der Waals surface area contributed by atoms with Gasteiger partial charge in [0.1, 0.15) is 0 Å². The molecule has 0 aromatic heterocycles. The van der Waals surface area contributed by atoms with E-state index in [-0.39, 0.29) is 13.2 Å². The molecule has 20 heavy (non-hydrogen) atoms. The second-order valence-corrected chi connectivity index (χ2v) is 5.81. The van der Waals surface area contributed by atoms with Gasteiger partial charge in [-0.05, 0) is 0 Å². The van der Waals surface area contributed by atoms with Crippen molar-refractivity contribution in [2.24, 2.45) is 0 Å². The number of rotatable bonds is 4. The van der Waals surface area contributed by atoms with Crippen molar-refractivity contribution in [2.45, 2.75) is 0 Å². The minimum absolute atomic E-state index is 0.254. The van der Waals surface area contributed by atoms with Crippen LogP contribution in [0.25, 0.3) is 0 Å². The van der Waals surface area contributed by atoms with Gasteiger partial charge in [0.2, 0.25) is 0 Å². The van der Waals surface area contributed by atoms with Crippen molar-refractivity contribution < 1.29 is 10.2 Å². The Bertz CT molecular complexity index is 226. The van der Waals surface area contributed by atoms with E-state index in [1.807, 2.05) is 0 Å². The maximum absolute atomic E-state index is 9.15. The molecular weight excluding hydrogens is 256 g/mol. The minimum atomic E-state index is 0.254. The van der Waals surface area contributed by atoms with E-state index in [1.54, 1.807) is 0 Å². The fraction of sp³-hybridized carbons (Fsp3) is 1.00. The van der Waals surface area contributed by atoms with E-state index in [9.17, 15) is 0 Å². The molecule has 2 saturated heterocycles. The van der Waals surface area contributed by atoms with Crippen LogP contribution in [-0.2, 0) is 0 Å². The van der Waals surface area contributed by atoms with Gasteiger partial charge in [-0.2, -0.15) is 0 Å². The summed E-state index contributed by atoms with van der Waals surface area (Å²) in [5, 5.41) is 18.3. The smallest absolute Gasteiger partial charge is 0.0558 e. The van der Waals surface area contributed by atoms with Gasteiger partial charge in [-0.25, -0.2) is 0 Å². The molecule has 0 saturated carbocycles. The van der Waals surface area contributed by atoms with Crippen LogP contribution < -0.4 is 0 Å². The van der Waals surface area contributed by atoms with Crippen LogP contribution in [0.3, 0.4) is 0 Å². The van der Waals surface area contributed by atoms with Gasteiger partial charge in [-0.15, -0.1) is 0 Å². The van der Waals surface area contributed by atoms with Gasteiger partial charge in [-0.1, -0.05) is 0 Å². The zero-order chi connectivity index (χ0) is 14.2. The molecule has 2 aliphatic rings. The topological polar surface area (TPSA) is 53.4 Å². The zero-order valence-electron chi connectivity index (χ0n) is 12.6. The molecule has 0 aliphatic carbocycles. The predicted octanol–water partition coefficient (Wildman–Crippen LogP) is -1.79. The lowest BCUT2D eigenvalue weighted by atomic mass is 10.3. The maximum Gasteiger partial charge on any atom is 0.0558 e. The molecule has 0 atom stereocenters. The van der Waals surface area contributed by atoms with E-state index in [1.165, 1.54) is 0 Å². The highest BCUT2D eigenvalue weighted by Crippen LogP contribution is 2.04. The van der Waals surface area contributed by atoms with Crippen LogP contribution in [0.2, 0.25) is 0 Å². The normalized spacial score (nSPS) is 30.9. The van der Waals surface area contributed by atoms with Gasteiger partial charge < -0.3 is 10.2 Å². The molecule has 0 amide bonds. The van der Waals surface area contributed by atoms with Gasteiger partial charge >= 0.3 is 0 Å². The van der Waals surface area contributed by atoms with Crippen molar-refractivity contribution in [2.75, 3.05) is 91.8 Å². The Morgan fingerprint density at radius 3 is 1.10 bits per heavy atom. The number of fused-ring (bicyclic) bond motifs is 3. The molecule has 2 aliphatic heterocycles. The molecule has 6 nitrogen and oxygen atoms in total. The van der Waals surface area contributed by atoms with E-state index in [2.05, 4.69) is 19.6 Å². The fourth-order valence-corrected chi connectivity index (χ4v) is 3.04. The third kappa shape index (κ3) is 5.27. The molecule has 2 heterocycles. The molecule has 0 radical (unpaired) electrons. The first-order valence-corrected chi connectivity index (χ1v) is 7.93. The molecule has 0 aromatic carbocycles. The Hall–Kier alpha value is -0.240. The summed E-state index contributed by atoms with van der Waals surface area (Å²) in [6.07, 6.45) is 0. The van der Waals surface area contributed by atoms with Crippen LogP contribution >= 0.6 is 0 Å². The number of nitrogens with zero attached hydrogens (tertiary/aromatic N) is 4. The monoisotopic (exact) mass is 286 g/mol. The standard InChI is InChI=1S/C14H30N4O2/c19-13-11-17-7-3-15-1-2-16(5-9-17)6-10-18(8-4-15)12-14-20/h19-20H,1-14H2. The average Bonchev–Trinajstić information content (AvgIpc) is 2.60. The lowest BCUT2D eigenvalue weighted by Crippen LogP contribution is -2.43. The van der Waals surface area contributed by atoms with Crippen LogP contribution in [0.1, 0.15) is 0 Å². The van der Waals surface area contributed by atoms with Crippen LogP contribution in [0.5, 0.6) is 0 Å². The maximum atomic E-state index is 9.15. The van der Waals surface area contributed by atoms with Gasteiger partial charge in [-0.3, -0.25) is 19.6 Å². The van der Waals surface area contributed by atoms with Crippen molar-refractivity contribution in [3.05, 3.63) is 0 Å². The number of aliphatic hydroxyl groups is 2. The first kappa shape index (κ1) is 16.1. The predicted molar refractivity (Wildman–Crippen MR) is 79.9 cm³/mol. The van der Waals surface area contributed by atoms with Crippen LogP contribution in [-0.4, -0.2) is 122 Å². The van der Waals surface area contributed by atoms with E-state index in [0.717, 1.165) is 78.5 Å². The van der Waals surface area contributed by atoms with E-state index in [0.29, 0.717) is 0 Å². The fourth-order valence-electron chi connectivity index (χ4n) is 3.04. The molecule has 0 aromatic rings. The van der Waals surface area contributed by atoms with Crippen molar-refractivity contribution in [1.29, 1.82) is 0 Å². The Kier molecular flexibility index (Phi) is 7.19. The lowest BCUT2D eigenvalue weighted by Gasteiger charge is -2.29. The van der Waals surface area contributed by atoms with Gasteiger partial charge in [0.15, 0.2) is 0 Å². The SMILES string of the molecule is OCCN1CCN2CCN(CCO)CCN(CC1)CC2. The van der Waals surface area contributed by atoms with Crippen molar-refractivity contribution in [1.82, 2.24) is 19.6 Å². The van der Waals surface area contributed by atoms with E-state index < -0.39 is 0 Å². The molecule has 6 heteroatoms. The first-order chi connectivity index (χ1) is 9.81. The van der Waals surface area contributed by atoms with Crippen LogP contribution in [0.4, 0.5) is 0 Å². The summed E-state index contributed by atoms with van der Waals surface area (Å²) in [5.41, 5.74) is 0. The zero-order valence-corrected chi connectivity index (χ0v) is 12.6. The highest BCUT2D eigenvalue weighted by Gasteiger charge is 2.19. The Morgan fingerprint density at radius 1 is 0.500 bits per heavy atom. The molecule has 2 fully saturated rings. The first-order valence-electron chi connectivity index (χ1n) is 7.93. The summed E-state index contributed by atoms with van der Waals surface area (Å²) in [6, 6.07) is 0. The summed E-state index contributed by atoms with van der Waals surface area (Å²) < 4.78 is 0. The number of β-amino-alcohol motifs (C(OH)–C–C–N with tert-alkyl or cyclic N) is 2. The Balaban J connectivity index is 1.94. The summed E-state index contributed by atoms with van der Waals surface area (Å²) in [6.45, 7) is 12.9. The quantitative estimate of drug-likeness (QED) is 0.636. The molecule has 0 unspecified atom stereocenters. The Labute approximate surface area is 122 Å². The summed E-state index contributed by atoms with van der Waals surface area (Å²) in [4.78, 5) is 9.80. The number of hydrogen-bond acceptors (Lipinski definition) is 6. The van der Waals surface area contributed by atoms with Gasteiger partial charge in [0.05, 0.1) is 13.2 Å². The molecule has 118 valence electrons. The Morgan fingerprint density at radius 2 is 0.800 bits per heavy atom. The van der Waals surface area contributed by atoms with Crippen LogP contribution in [0, 0.1) is 0 Å². The van der Waals surface area contributed by atoms with Crippen molar-refractivity contribution in [3.8, 4) is 0 Å². The molecule has 2 N–H and O–H groups in total. The second kappa shape index (κ2) is 8.92. The highest BCUT2D eigenvalue weighted by molar-refractivity contribution is 4.75. The van der Waals surface area contributed by atoms with E-state index >= 15 is 0 Å². The summed E-state index contributed by atoms with van der Waals surface area (Å²) in [5.74, 6) is 0. The van der Waals surface area contributed by atoms with Crippen molar-refractivity contribution >= 4 is 0 Å². The molecule has 2 bridgehead atoms. The number of hydrogen-bond donors (Lipinski definition) is 2. The van der Waals surface area contributed by atoms with Crippen molar-refractivity contribution in [3.63, 3.8) is 0 Å². The lowest BCUT2D eigenvalue weighted by molar-refractivity contribution is 0.142. The number of aliphatic hydroxyl groups excluding tert-OH is 2. The van der Waals surface area contributed by atoms with E-state index in [4.69, 9.17) is 10.2 Å². The third-order valence-corrected chi connectivity index (χ3v) is 4.49. The minimum Gasteiger partial charge on any atom is -0.395 e. The highest BCUT2D eigenvalue weighted by atomic mass is 16.3. The molecular formula is C14H30N4O2. The van der Waals surface area contributed by atoms with Gasteiger partial charge in [0, 0.05) is 78.5 Å². The third-order valence-electron chi connectivity index (χ3n) is 4.49. The molecule has 2 rings (SSSR count).